The van der Waals surface area contributed by atoms with Crippen molar-refractivity contribution in [3.8, 4) is 5.75 Å². The van der Waals surface area contributed by atoms with Gasteiger partial charge in [-0.3, -0.25) is 4.79 Å². The summed E-state index contributed by atoms with van der Waals surface area (Å²) in [6.45, 7) is 5.26. The van der Waals surface area contributed by atoms with Crippen LogP contribution in [0.4, 0.5) is 0 Å². The highest BCUT2D eigenvalue weighted by Gasteiger charge is 2.34. The molecule has 1 saturated heterocycles. The van der Waals surface area contributed by atoms with Crippen molar-refractivity contribution in [3.05, 3.63) is 29.8 Å². The molecule has 0 unspecified atom stereocenters. The van der Waals surface area contributed by atoms with Crippen LogP contribution in [0, 0.1) is 5.92 Å². The number of hydrogen-bond acceptors (Lipinski definition) is 3. The molecule has 1 heterocycles. The third-order valence-electron chi connectivity index (χ3n) is 3.48. The molecule has 1 fully saturated rings. The molecule has 0 spiro atoms. The van der Waals surface area contributed by atoms with Gasteiger partial charge < -0.3 is 14.7 Å². The second-order valence-corrected chi connectivity index (χ2v) is 5.72. The Morgan fingerprint density at radius 3 is 2.57 bits per heavy atom. The number of carbonyl (C=O) groups is 2. The molecule has 1 aromatic carbocycles. The van der Waals surface area contributed by atoms with Crippen molar-refractivity contribution in [2.45, 2.75) is 32.7 Å². The van der Waals surface area contributed by atoms with Crippen LogP contribution in [0.1, 0.15) is 37.0 Å². The van der Waals surface area contributed by atoms with Gasteiger partial charge in [0.05, 0.1) is 6.61 Å². The average molecular weight is 291 g/mol. The van der Waals surface area contributed by atoms with Crippen molar-refractivity contribution in [1.82, 2.24) is 4.90 Å². The summed E-state index contributed by atoms with van der Waals surface area (Å²) in [5.41, 5.74) is 0.500. The van der Waals surface area contributed by atoms with Crippen molar-refractivity contribution in [2.75, 3.05) is 13.2 Å². The number of rotatable bonds is 5. The third kappa shape index (κ3) is 3.74. The second kappa shape index (κ2) is 6.61. The lowest BCUT2D eigenvalue weighted by atomic mass is 10.1. The minimum Gasteiger partial charge on any atom is -0.493 e. The standard InChI is InChI=1S/C16H21NO4/c1-11(2)10-21-13-7-5-12(6-8-13)15(18)17-9-3-4-14(17)16(19)20/h5-8,11,14H,3-4,9-10H2,1-2H3,(H,19,20)/t14-/m1/s1. The lowest BCUT2D eigenvalue weighted by Crippen LogP contribution is -2.40. The highest BCUT2D eigenvalue weighted by molar-refractivity contribution is 5.97. The molecule has 0 radical (unpaired) electrons. The molecule has 0 aromatic heterocycles. The van der Waals surface area contributed by atoms with Crippen molar-refractivity contribution >= 4 is 11.9 Å². The zero-order chi connectivity index (χ0) is 15.4. The third-order valence-corrected chi connectivity index (χ3v) is 3.48. The minimum absolute atomic E-state index is 0.227. The maximum absolute atomic E-state index is 12.4. The first kappa shape index (κ1) is 15.4. The van der Waals surface area contributed by atoms with Crippen molar-refractivity contribution in [2.24, 2.45) is 5.92 Å². The van der Waals surface area contributed by atoms with E-state index in [1.165, 1.54) is 4.90 Å². The number of carboxylic acids is 1. The van der Waals surface area contributed by atoms with Gasteiger partial charge in [-0.2, -0.15) is 0 Å². The van der Waals surface area contributed by atoms with E-state index in [4.69, 9.17) is 9.84 Å². The molecule has 0 saturated carbocycles. The normalized spacial score (nSPS) is 18.0. The van der Waals surface area contributed by atoms with Gasteiger partial charge in [0.15, 0.2) is 0 Å². The van der Waals surface area contributed by atoms with Crippen LogP contribution in [0.2, 0.25) is 0 Å². The fourth-order valence-corrected chi connectivity index (χ4v) is 2.39. The average Bonchev–Trinajstić information content (AvgIpc) is 2.94. The van der Waals surface area contributed by atoms with Crippen LogP contribution in [0.25, 0.3) is 0 Å². The number of benzene rings is 1. The number of ether oxygens (including phenoxy) is 1. The molecule has 1 atom stereocenters. The summed E-state index contributed by atoms with van der Waals surface area (Å²) in [5, 5.41) is 9.13. The molecule has 1 aromatic rings. The number of amides is 1. The van der Waals surface area contributed by atoms with Gasteiger partial charge in [0.2, 0.25) is 0 Å². The fraction of sp³-hybridized carbons (Fsp3) is 0.500. The molecule has 1 aliphatic rings. The molecule has 0 aliphatic carbocycles. The summed E-state index contributed by atoms with van der Waals surface area (Å²) in [7, 11) is 0. The SMILES string of the molecule is CC(C)COc1ccc(C(=O)N2CCC[C@@H]2C(=O)O)cc1. The Kier molecular flexibility index (Phi) is 4.83. The first-order valence-electron chi connectivity index (χ1n) is 7.25. The Morgan fingerprint density at radius 1 is 1.33 bits per heavy atom. The molecule has 2 rings (SSSR count). The van der Waals surface area contributed by atoms with E-state index < -0.39 is 12.0 Å². The Balaban J connectivity index is 2.04. The van der Waals surface area contributed by atoms with Gasteiger partial charge in [0.1, 0.15) is 11.8 Å². The van der Waals surface area contributed by atoms with E-state index >= 15 is 0 Å². The Hall–Kier alpha value is -2.04. The number of nitrogens with zero attached hydrogens (tertiary/aromatic N) is 1. The van der Waals surface area contributed by atoms with Gasteiger partial charge >= 0.3 is 5.97 Å². The van der Waals surface area contributed by atoms with Gasteiger partial charge in [-0.25, -0.2) is 4.79 Å². The van der Waals surface area contributed by atoms with E-state index in [0.29, 0.717) is 31.1 Å². The summed E-state index contributed by atoms with van der Waals surface area (Å²) in [6.07, 6.45) is 1.26. The van der Waals surface area contributed by atoms with Gasteiger partial charge in [0, 0.05) is 12.1 Å². The van der Waals surface area contributed by atoms with Crippen LogP contribution in [-0.4, -0.2) is 41.1 Å². The highest BCUT2D eigenvalue weighted by atomic mass is 16.5. The second-order valence-electron chi connectivity index (χ2n) is 5.72. The predicted molar refractivity (Wildman–Crippen MR) is 78.5 cm³/mol. The van der Waals surface area contributed by atoms with Crippen molar-refractivity contribution in [3.63, 3.8) is 0 Å². The quantitative estimate of drug-likeness (QED) is 0.904. The number of carbonyl (C=O) groups excluding carboxylic acids is 1. The van der Waals surface area contributed by atoms with Crippen LogP contribution in [0.3, 0.4) is 0 Å². The number of hydrogen-bond donors (Lipinski definition) is 1. The Morgan fingerprint density at radius 2 is 2.00 bits per heavy atom. The summed E-state index contributed by atoms with van der Waals surface area (Å²) >= 11 is 0. The van der Waals surface area contributed by atoms with Crippen molar-refractivity contribution in [1.29, 1.82) is 0 Å². The maximum atomic E-state index is 12.4. The molecule has 5 heteroatoms. The maximum Gasteiger partial charge on any atom is 0.326 e. The van der Waals surface area contributed by atoms with E-state index in [2.05, 4.69) is 13.8 Å². The molecule has 1 amide bonds. The lowest BCUT2D eigenvalue weighted by Gasteiger charge is -2.21. The molecule has 5 nitrogen and oxygen atoms in total. The Bertz CT molecular complexity index is 510. The topological polar surface area (TPSA) is 66.8 Å². The fourth-order valence-electron chi connectivity index (χ4n) is 2.39. The van der Waals surface area contributed by atoms with Crippen LogP contribution < -0.4 is 4.74 Å². The molecule has 114 valence electrons. The van der Waals surface area contributed by atoms with Crippen LogP contribution in [-0.2, 0) is 4.79 Å². The smallest absolute Gasteiger partial charge is 0.326 e. The van der Waals surface area contributed by atoms with Crippen LogP contribution in [0.15, 0.2) is 24.3 Å². The van der Waals surface area contributed by atoms with Crippen LogP contribution in [0.5, 0.6) is 5.75 Å². The van der Waals surface area contributed by atoms with Gasteiger partial charge in [-0.05, 0) is 43.0 Å². The summed E-state index contributed by atoms with van der Waals surface area (Å²) in [4.78, 5) is 24.9. The van der Waals surface area contributed by atoms with E-state index in [1.54, 1.807) is 24.3 Å². The van der Waals surface area contributed by atoms with E-state index in [1.807, 2.05) is 0 Å². The zero-order valence-electron chi connectivity index (χ0n) is 12.4. The minimum atomic E-state index is -0.933. The summed E-state index contributed by atoms with van der Waals surface area (Å²) < 4.78 is 5.57. The van der Waals surface area contributed by atoms with E-state index in [0.717, 1.165) is 12.2 Å². The van der Waals surface area contributed by atoms with Gasteiger partial charge in [-0.15, -0.1) is 0 Å². The van der Waals surface area contributed by atoms with Gasteiger partial charge in [0.25, 0.3) is 5.91 Å². The number of likely N-dealkylation sites (tertiary alicyclic amines) is 1. The largest absolute Gasteiger partial charge is 0.493 e. The van der Waals surface area contributed by atoms with Crippen LogP contribution >= 0.6 is 0 Å². The molecular weight excluding hydrogens is 270 g/mol. The highest BCUT2D eigenvalue weighted by Crippen LogP contribution is 2.21. The zero-order valence-corrected chi connectivity index (χ0v) is 12.4. The monoisotopic (exact) mass is 291 g/mol. The molecule has 1 aliphatic heterocycles. The van der Waals surface area contributed by atoms with Crippen molar-refractivity contribution < 1.29 is 19.4 Å². The lowest BCUT2D eigenvalue weighted by molar-refractivity contribution is -0.141. The van der Waals surface area contributed by atoms with E-state index in [9.17, 15) is 9.59 Å². The molecule has 21 heavy (non-hydrogen) atoms. The molecular formula is C16H21NO4. The first-order chi connectivity index (χ1) is 9.99. The number of carboxylic acid groups (broad SMARTS) is 1. The predicted octanol–water partition coefficient (Wildman–Crippen LogP) is 2.41. The van der Waals surface area contributed by atoms with E-state index in [-0.39, 0.29) is 5.91 Å². The molecule has 1 N–H and O–H groups in total. The first-order valence-corrected chi connectivity index (χ1v) is 7.25. The van der Waals surface area contributed by atoms with Gasteiger partial charge in [-0.1, -0.05) is 13.8 Å². The summed E-state index contributed by atoms with van der Waals surface area (Å²) in [5.74, 6) is -0.00302. The molecule has 0 bridgehead atoms. The number of aliphatic carboxylic acids is 1. The summed E-state index contributed by atoms with van der Waals surface area (Å²) in [6, 6.07) is 6.18. The Labute approximate surface area is 124 Å².